The first-order chi connectivity index (χ1) is 16.9. The molecule has 0 aliphatic heterocycles. The van der Waals surface area contributed by atoms with E-state index in [0.717, 1.165) is 33.0 Å². The summed E-state index contributed by atoms with van der Waals surface area (Å²) in [6.07, 6.45) is 2.46. The van der Waals surface area contributed by atoms with Gasteiger partial charge in [-0.15, -0.1) is 22.7 Å². The fraction of sp³-hybridized carbons (Fsp3) is 0.240. The number of carboxylic acids is 1. The number of halogens is 1. The average molecular weight is 530 g/mol. The molecule has 3 aromatic heterocycles. The van der Waals surface area contributed by atoms with Crippen molar-refractivity contribution in [3.8, 4) is 27.4 Å². The standard InChI is InChI=1S/C25H24ClN3O4S2/c1-14(2)10-21-22(15-5-6-19(18(26)12-15)33-8-7-30)28-25(35-21)29-23-17(24(31)32)11-16(13-27-23)20-4-3-9-34-20/h3-6,9,11-14,30H,7-8,10H2,1-2H3,(H,31,32)(H,27,28,29). The maximum Gasteiger partial charge on any atom is 0.339 e. The van der Waals surface area contributed by atoms with Gasteiger partial charge < -0.3 is 20.3 Å². The van der Waals surface area contributed by atoms with Gasteiger partial charge in [0, 0.05) is 27.1 Å². The molecule has 0 aliphatic rings. The Kier molecular flexibility index (Phi) is 8.02. The van der Waals surface area contributed by atoms with Crippen molar-refractivity contribution >= 4 is 51.2 Å². The smallest absolute Gasteiger partial charge is 0.339 e. The van der Waals surface area contributed by atoms with Gasteiger partial charge in [-0.2, -0.15) is 0 Å². The number of aromatic nitrogens is 2. The van der Waals surface area contributed by atoms with Gasteiger partial charge in [0.1, 0.15) is 23.7 Å². The van der Waals surface area contributed by atoms with Crippen molar-refractivity contribution in [2.75, 3.05) is 18.5 Å². The van der Waals surface area contributed by atoms with E-state index >= 15 is 0 Å². The van der Waals surface area contributed by atoms with E-state index in [-0.39, 0.29) is 24.6 Å². The molecule has 0 saturated heterocycles. The summed E-state index contributed by atoms with van der Waals surface area (Å²) in [7, 11) is 0. The SMILES string of the molecule is CC(C)Cc1sc(Nc2ncc(-c3cccs3)cc2C(=O)O)nc1-c1ccc(OCCO)c(Cl)c1. The number of carbonyl (C=O) groups is 1. The molecule has 0 radical (unpaired) electrons. The Labute approximate surface area is 216 Å². The van der Waals surface area contributed by atoms with Crippen molar-refractivity contribution in [1.29, 1.82) is 0 Å². The first kappa shape index (κ1) is 25.1. The first-order valence-electron chi connectivity index (χ1n) is 10.9. The van der Waals surface area contributed by atoms with E-state index in [4.69, 9.17) is 26.4 Å². The number of aliphatic hydroxyl groups excluding tert-OH is 1. The van der Waals surface area contributed by atoms with Crippen molar-refractivity contribution in [2.45, 2.75) is 20.3 Å². The molecule has 3 heterocycles. The van der Waals surface area contributed by atoms with Crippen molar-refractivity contribution in [1.82, 2.24) is 9.97 Å². The van der Waals surface area contributed by atoms with Gasteiger partial charge in [-0.3, -0.25) is 0 Å². The number of hydrogen-bond donors (Lipinski definition) is 3. The van der Waals surface area contributed by atoms with Crippen LogP contribution in [0.5, 0.6) is 5.75 Å². The molecule has 182 valence electrons. The van der Waals surface area contributed by atoms with Crippen LogP contribution in [0.25, 0.3) is 21.7 Å². The molecular formula is C25H24ClN3O4S2. The number of nitrogens with one attached hydrogen (secondary N) is 1. The summed E-state index contributed by atoms with van der Waals surface area (Å²) in [5, 5.41) is 24.8. The number of thiazole rings is 1. The molecule has 10 heteroatoms. The Bertz CT molecular complexity index is 1320. The summed E-state index contributed by atoms with van der Waals surface area (Å²) in [4.78, 5) is 23.2. The molecule has 0 bridgehead atoms. The van der Waals surface area contributed by atoms with Gasteiger partial charge in [0.05, 0.1) is 17.3 Å². The molecule has 0 fully saturated rings. The summed E-state index contributed by atoms with van der Waals surface area (Å²) in [6, 6.07) is 10.9. The third kappa shape index (κ3) is 5.99. The number of anilines is 2. The zero-order valence-electron chi connectivity index (χ0n) is 19.1. The Morgan fingerprint density at radius 3 is 2.71 bits per heavy atom. The summed E-state index contributed by atoms with van der Waals surface area (Å²) >= 11 is 9.39. The van der Waals surface area contributed by atoms with Crippen molar-refractivity contribution in [3.63, 3.8) is 0 Å². The number of carboxylic acid groups (broad SMARTS) is 1. The third-order valence-corrected chi connectivity index (χ3v) is 7.20. The van der Waals surface area contributed by atoms with Crippen molar-refractivity contribution < 1.29 is 19.7 Å². The lowest BCUT2D eigenvalue weighted by molar-refractivity contribution is 0.0697. The van der Waals surface area contributed by atoms with Crippen LogP contribution in [0, 0.1) is 5.92 Å². The van der Waals surface area contributed by atoms with Gasteiger partial charge in [0.25, 0.3) is 0 Å². The Morgan fingerprint density at radius 1 is 1.23 bits per heavy atom. The number of pyridine rings is 1. The Morgan fingerprint density at radius 2 is 2.06 bits per heavy atom. The van der Waals surface area contributed by atoms with E-state index in [2.05, 4.69) is 24.1 Å². The minimum atomic E-state index is -1.07. The topological polar surface area (TPSA) is 105 Å². The van der Waals surface area contributed by atoms with Crippen LogP contribution < -0.4 is 10.1 Å². The fourth-order valence-electron chi connectivity index (χ4n) is 3.47. The largest absolute Gasteiger partial charge is 0.490 e. The van der Waals surface area contributed by atoms with Crippen LogP contribution in [-0.4, -0.2) is 39.4 Å². The molecular weight excluding hydrogens is 506 g/mol. The van der Waals surface area contributed by atoms with E-state index in [1.807, 2.05) is 23.6 Å². The minimum absolute atomic E-state index is 0.0755. The van der Waals surface area contributed by atoms with Crippen molar-refractivity contribution in [3.05, 3.63) is 63.4 Å². The number of aliphatic hydroxyl groups is 1. The van der Waals surface area contributed by atoms with Gasteiger partial charge in [0.15, 0.2) is 5.13 Å². The van der Waals surface area contributed by atoms with Gasteiger partial charge in [0.2, 0.25) is 0 Å². The lowest BCUT2D eigenvalue weighted by Crippen LogP contribution is -2.05. The molecule has 35 heavy (non-hydrogen) atoms. The number of ether oxygens (including phenoxy) is 1. The number of thiophene rings is 1. The lowest BCUT2D eigenvalue weighted by Gasteiger charge is -2.09. The number of nitrogens with zero attached hydrogens (tertiary/aromatic N) is 2. The first-order valence-corrected chi connectivity index (χ1v) is 13.0. The highest BCUT2D eigenvalue weighted by Crippen LogP contribution is 2.38. The maximum absolute atomic E-state index is 12.0. The average Bonchev–Trinajstić information content (AvgIpc) is 3.48. The maximum atomic E-state index is 12.0. The van der Waals surface area contributed by atoms with Crippen LogP contribution in [0.4, 0.5) is 10.9 Å². The second-order valence-corrected chi connectivity index (χ2v) is 10.6. The van der Waals surface area contributed by atoms with E-state index in [9.17, 15) is 9.90 Å². The number of rotatable bonds is 10. The molecule has 4 aromatic rings. The number of hydrogen-bond acceptors (Lipinski definition) is 8. The van der Waals surface area contributed by atoms with Gasteiger partial charge in [-0.1, -0.05) is 31.5 Å². The number of aromatic carboxylic acids is 1. The molecule has 0 spiro atoms. The molecule has 0 saturated carbocycles. The van der Waals surface area contributed by atoms with Gasteiger partial charge in [-0.25, -0.2) is 14.8 Å². The predicted octanol–water partition coefficient (Wildman–Crippen LogP) is 6.60. The molecule has 0 atom stereocenters. The second kappa shape index (κ2) is 11.2. The van der Waals surface area contributed by atoms with Crippen molar-refractivity contribution in [2.24, 2.45) is 5.92 Å². The van der Waals surface area contributed by atoms with E-state index < -0.39 is 5.97 Å². The fourth-order valence-corrected chi connectivity index (χ4v) is 5.61. The highest BCUT2D eigenvalue weighted by molar-refractivity contribution is 7.16. The van der Waals surface area contributed by atoms with Crippen LogP contribution in [0.15, 0.2) is 48.0 Å². The van der Waals surface area contributed by atoms with E-state index in [0.29, 0.717) is 21.8 Å². The summed E-state index contributed by atoms with van der Waals surface area (Å²) < 4.78 is 5.45. The molecule has 3 N–H and O–H groups in total. The highest BCUT2D eigenvalue weighted by Gasteiger charge is 2.19. The summed E-state index contributed by atoms with van der Waals surface area (Å²) in [5.41, 5.74) is 2.42. The Balaban J connectivity index is 1.68. The predicted molar refractivity (Wildman–Crippen MR) is 141 cm³/mol. The molecule has 0 unspecified atom stereocenters. The zero-order chi connectivity index (χ0) is 24.9. The normalized spacial score (nSPS) is 11.1. The zero-order valence-corrected chi connectivity index (χ0v) is 21.5. The van der Waals surface area contributed by atoms with E-state index in [1.165, 1.54) is 22.7 Å². The highest BCUT2D eigenvalue weighted by atomic mass is 35.5. The second-order valence-electron chi connectivity index (χ2n) is 8.13. The Hall–Kier alpha value is -2.98. The number of benzene rings is 1. The molecule has 0 aliphatic carbocycles. The van der Waals surface area contributed by atoms with Crippen LogP contribution in [0.2, 0.25) is 5.02 Å². The van der Waals surface area contributed by atoms with Gasteiger partial charge >= 0.3 is 5.97 Å². The monoisotopic (exact) mass is 529 g/mol. The van der Waals surface area contributed by atoms with Crippen LogP contribution in [0.1, 0.15) is 29.1 Å². The molecule has 7 nitrogen and oxygen atoms in total. The minimum Gasteiger partial charge on any atom is -0.490 e. The third-order valence-electron chi connectivity index (χ3n) is 4.99. The molecule has 1 aromatic carbocycles. The quantitative estimate of drug-likeness (QED) is 0.212. The lowest BCUT2D eigenvalue weighted by atomic mass is 10.0. The van der Waals surface area contributed by atoms with Gasteiger partial charge in [-0.05, 0) is 48.1 Å². The van der Waals surface area contributed by atoms with E-state index in [1.54, 1.807) is 24.4 Å². The van der Waals surface area contributed by atoms with Crippen LogP contribution in [-0.2, 0) is 6.42 Å². The van der Waals surface area contributed by atoms with Crippen LogP contribution >= 0.6 is 34.3 Å². The molecule has 0 amide bonds. The summed E-state index contributed by atoms with van der Waals surface area (Å²) in [5.74, 6) is 0.0508. The summed E-state index contributed by atoms with van der Waals surface area (Å²) in [6.45, 7) is 4.32. The van der Waals surface area contributed by atoms with Crippen LogP contribution in [0.3, 0.4) is 0 Å². The molecule has 4 rings (SSSR count).